The van der Waals surface area contributed by atoms with Gasteiger partial charge in [-0.25, -0.2) is 0 Å². The van der Waals surface area contributed by atoms with Gasteiger partial charge in [0.1, 0.15) is 11.5 Å². The second-order valence-corrected chi connectivity index (χ2v) is 8.08. The number of hydrogen-bond donors (Lipinski definition) is 2. The van der Waals surface area contributed by atoms with E-state index in [4.69, 9.17) is 14.1 Å². The number of furan rings is 1. The predicted molar refractivity (Wildman–Crippen MR) is 141 cm³/mol. The number of carbonyl (C=O) groups excluding carboxylic acids is 1. The molecule has 3 heterocycles. The molecule has 8 nitrogen and oxygen atoms in total. The van der Waals surface area contributed by atoms with Gasteiger partial charge in [0.2, 0.25) is 0 Å². The van der Waals surface area contributed by atoms with Crippen molar-refractivity contribution < 1.29 is 13.9 Å². The molecule has 1 fully saturated rings. The molecule has 2 aliphatic rings. The summed E-state index contributed by atoms with van der Waals surface area (Å²) in [6.07, 6.45) is 4.99. The first-order valence-corrected chi connectivity index (χ1v) is 11.6. The van der Waals surface area contributed by atoms with Crippen LogP contribution in [0.4, 0.5) is 5.69 Å². The van der Waals surface area contributed by atoms with Crippen LogP contribution in [0, 0.1) is 0 Å². The standard InChI is InChI=1S/C24H33N5O3.HI/c1-2-25-24(27-17-20(22-11-7-16-31-22)28-13-5-6-14-28)26-12-8-15-29-19-9-3-4-10-21(19)32-18-23(29)30;/h3-4,7,9-11,16,20H,2,5-6,8,12-15,17-18H2,1H3,(H2,25,26,27);1H. The Balaban J connectivity index is 0.00000306. The third-order valence-corrected chi connectivity index (χ3v) is 5.88. The Hall–Kier alpha value is -2.27. The maximum absolute atomic E-state index is 12.3. The molecule has 0 saturated carbocycles. The number of guanidine groups is 1. The maximum Gasteiger partial charge on any atom is 0.265 e. The molecular weight excluding hydrogens is 533 g/mol. The monoisotopic (exact) mass is 567 g/mol. The Morgan fingerprint density at radius 3 is 2.73 bits per heavy atom. The number of anilines is 1. The molecule has 33 heavy (non-hydrogen) atoms. The summed E-state index contributed by atoms with van der Waals surface area (Å²) in [7, 11) is 0. The van der Waals surface area contributed by atoms with Gasteiger partial charge in [-0.2, -0.15) is 0 Å². The lowest BCUT2D eigenvalue weighted by molar-refractivity contribution is -0.121. The molecule has 0 radical (unpaired) electrons. The molecule has 1 amide bonds. The number of halogens is 1. The van der Waals surface area contributed by atoms with Crippen LogP contribution in [0.15, 0.2) is 52.1 Å². The van der Waals surface area contributed by atoms with Crippen LogP contribution < -0.4 is 20.3 Å². The van der Waals surface area contributed by atoms with Crippen LogP contribution >= 0.6 is 24.0 Å². The number of ether oxygens (including phenoxy) is 1. The minimum absolute atomic E-state index is 0. The number of likely N-dealkylation sites (tertiary alicyclic amines) is 1. The van der Waals surface area contributed by atoms with Gasteiger partial charge in [-0.1, -0.05) is 12.1 Å². The smallest absolute Gasteiger partial charge is 0.265 e. The van der Waals surface area contributed by atoms with E-state index in [2.05, 4.69) is 22.5 Å². The SMILES string of the molecule is CCNC(=NCC(c1ccco1)N1CCCC1)NCCCN1C(=O)COc2ccccc21.I. The van der Waals surface area contributed by atoms with E-state index in [-0.39, 0.29) is 42.5 Å². The molecule has 180 valence electrons. The summed E-state index contributed by atoms with van der Waals surface area (Å²) >= 11 is 0. The van der Waals surface area contributed by atoms with Crippen LogP contribution in [0.5, 0.6) is 5.75 Å². The number of fused-ring (bicyclic) bond motifs is 1. The fraction of sp³-hybridized carbons (Fsp3) is 0.500. The van der Waals surface area contributed by atoms with E-state index in [1.807, 2.05) is 41.3 Å². The summed E-state index contributed by atoms with van der Waals surface area (Å²) in [5.41, 5.74) is 0.844. The van der Waals surface area contributed by atoms with Gasteiger partial charge in [-0.3, -0.25) is 14.7 Å². The van der Waals surface area contributed by atoms with Gasteiger partial charge in [0.15, 0.2) is 12.6 Å². The van der Waals surface area contributed by atoms with Gasteiger partial charge in [0.05, 0.1) is 24.5 Å². The number of nitrogens with zero attached hydrogens (tertiary/aromatic N) is 3. The largest absolute Gasteiger partial charge is 0.482 e. The summed E-state index contributed by atoms with van der Waals surface area (Å²) in [5, 5.41) is 6.74. The van der Waals surface area contributed by atoms with Gasteiger partial charge in [-0.05, 0) is 63.5 Å². The second kappa shape index (κ2) is 12.8. The van der Waals surface area contributed by atoms with Crippen molar-refractivity contribution in [2.45, 2.75) is 32.2 Å². The van der Waals surface area contributed by atoms with Gasteiger partial charge in [0.25, 0.3) is 5.91 Å². The fourth-order valence-electron chi connectivity index (χ4n) is 4.28. The highest BCUT2D eigenvalue weighted by atomic mass is 127. The van der Waals surface area contributed by atoms with Gasteiger partial charge >= 0.3 is 0 Å². The number of carbonyl (C=O) groups is 1. The molecule has 1 unspecified atom stereocenters. The highest BCUT2D eigenvalue weighted by molar-refractivity contribution is 14.0. The molecule has 1 aromatic carbocycles. The number of nitrogens with one attached hydrogen (secondary N) is 2. The second-order valence-electron chi connectivity index (χ2n) is 8.08. The molecule has 1 saturated heterocycles. The molecule has 2 N–H and O–H groups in total. The van der Waals surface area contributed by atoms with Crippen molar-refractivity contribution >= 4 is 41.5 Å². The molecule has 1 atom stereocenters. The first-order valence-electron chi connectivity index (χ1n) is 11.6. The van der Waals surface area contributed by atoms with Gasteiger partial charge in [0, 0.05) is 19.6 Å². The van der Waals surface area contributed by atoms with Crippen LogP contribution in [0.1, 0.15) is 38.0 Å². The van der Waals surface area contributed by atoms with Crippen molar-refractivity contribution in [3.05, 3.63) is 48.4 Å². The van der Waals surface area contributed by atoms with Crippen LogP contribution in [0.25, 0.3) is 0 Å². The Morgan fingerprint density at radius 1 is 1.15 bits per heavy atom. The zero-order chi connectivity index (χ0) is 22.2. The molecule has 9 heteroatoms. The fourth-order valence-corrected chi connectivity index (χ4v) is 4.28. The number of para-hydroxylation sites is 2. The van der Waals surface area contributed by atoms with Crippen molar-refractivity contribution in [1.29, 1.82) is 0 Å². The first kappa shape index (κ1) is 25.4. The van der Waals surface area contributed by atoms with E-state index in [9.17, 15) is 4.79 Å². The molecular formula is C24H34IN5O3. The highest BCUT2D eigenvalue weighted by Crippen LogP contribution is 2.31. The molecule has 0 aliphatic carbocycles. The predicted octanol–water partition coefficient (Wildman–Crippen LogP) is 3.41. The van der Waals surface area contributed by atoms with Gasteiger partial charge < -0.3 is 24.7 Å². The number of benzene rings is 1. The molecule has 0 spiro atoms. The van der Waals surface area contributed by atoms with Crippen LogP contribution in [-0.4, -0.2) is 62.6 Å². The topological polar surface area (TPSA) is 82.3 Å². The molecule has 4 rings (SSSR count). The van der Waals surface area contributed by atoms with E-state index < -0.39 is 0 Å². The zero-order valence-electron chi connectivity index (χ0n) is 19.2. The van der Waals surface area contributed by atoms with E-state index in [0.29, 0.717) is 19.6 Å². The number of amides is 1. The molecule has 2 aliphatic heterocycles. The molecule has 2 aromatic rings. The Labute approximate surface area is 212 Å². The van der Waals surface area contributed by atoms with Crippen molar-refractivity contribution in [2.75, 3.05) is 50.8 Å². The zero-order valence-corrected chi connectivity index (χ0v) is 21.5. The lowest BCUT2D eigenvalue weighted by Gasteiger charge is -2.29. The van der Waals surface area contributed by atoms with Crippen molar-refractivity contribution in [3.63, 3.8) is 0 Å². The summed E-state index contributed by atoms with van der Waals surface area (Å²) in [6, 6.07) is 11.8. The summed E-state index contributed by atoms with van der Waals surface area (Å²) < 4.78 is 11.2. The van der Waals surface area contributed by atoms with Crippen LogP contribution in [0.2, 0.25) is 0 Å². The van der Waals surface area contributed by atoms with Crippen LogP contribution in [-0.2, 0) is 4.79 Å². The van der Waals surface area contributed by atoms with Gasteiger partial charge in [-0.15, -0.1) is 24.0 Å². The van der Waals surface area contributed by atoms with E-state index >= 15 is 0 Å². The normalized spacial score (nSPS) is 17.2. The summed E-state index contributed by atoms with van der Waals surface area (Å²) in [6.45, 7) is 7.10. The van der Waals surface area contributed by atoms with Crippen molar-refractivity contribution in [3.8, 4) is 5.75 Å². The average Bonchev–Trinajstić information content (AvgIpc) is 3.53. The Bertz CT molecular complexity index is 899. The number of rotatable bonds is 9. The number of aliphatic imine (C=N–C) groups is 1. The van der Waals surface area contributed by atoms with E-state index in [0.717, 1.165) is 49.2 Å². The average molecular weight is 567 g/mol. The first-order chi connectivity index (χ1) is 15.8. The van der Waals surface area contributed by atoms with Crippen LogP contribution in [0.3, 0.4) is 0 Å². The Morgan fingerprint density at radius 2 is 1.97 bits per heavy atom. The lowest BCUT2D eigenvalue weighted by atomic mass is 10.2. The van der Waals surface area contributed by atoms with E-state index in [1.54, 1.807) is 6.26 Å². The minimum Gasteiger partial charge on any atom is -0.482 e. The van der Waals surface area contributed by atoms with E-state index in [1.165, 1.54) is 12.8 Å². The van der Waals surface area contributed by atoms with Crippen molar-refractivity contribution in [1.82, 2.24) is 15.5 Å². The number of hydrogen-bond acceptors (Lipinski definition) is 5. The lowest BCUT2D eigenvalue weighted by Crippen LogP contribution is -2.42. The molecule has 1 aromatic heterocycles. The molecule has 0 bridgehead atoms. The maximum atomic E-state index is 12.3. The third-order valence-electron chi connectivity index (χ3n) is 5.88. The summed E-state index contributed by atoms with van der Waals surface area (Å²) in [4.78, 5) is 21.4. The highest BCUT2D eigenvalue weighted by Gasteiger charge is 2.26. The third kappa shape index (κ3) is 6.63. The Kier molecular flexibility index (Phi) is 9.86. The quantitative estimate of drug-likeness (QED) is 0.209. The van der Waals surface area contributed by atoms with Crippen molar-refractivity contribution in [2.24, 2.45) is 4.99 Å². The summed E-state index contributed by atoms with van der Waals surface area (Å²) in [5.74, 6) is 2.52. The minimum atomic E-state index is -0.00354.